The maximum Gasteiger partial charge on any atom is 0.417 e. The number of primary amides is 1. The summed E-state index contributed by atoms with van der Waals surface area (Å²) in [5.74, 6) is -3.24. The van der Waals surface area contributed by atoms with Crippen molar-refractivity contribution in [2.45, 2.75) is 83.7 Å². The Bertz CT molecular complexity index is 693. The highest BCUT2D eigenvalue weighted by Gasteiger charge is 2.50. The van der Waals surface area contributed by atoms with Crippen molar-refractivity contribution in [3.05, 3.63) is 0 Å². The number of imide groups is 1. The van der Waals surface area contributed by atoms with Crippen molar-refractivity contribution in [2.24, 2.45) is 11.5 Å². The van der Waals surface area contributed by atoms with Crippen molar-refractivity contribution in [1.29, 1.82) is 0 Å². The third kappa shape index (κ3) is 7.33. The zero-order valence-electron chi connectivity index (χ0n) is 17.6. The van der Waals surface area contributed by atoms with Gasteiger partial charge in [-0.2, -0.15) is 0 Å². The molecule has 0 aromatic heterocycles. The van der Waals surface area contributed by atoms with Gasteiger partial charge < -0.3 is 26.3 Å². The van der Waals surface area contributed by atoms with Crippen molar-refractivity contribution in [3.63, 3.8) is 0 Å². The highest BCUT2D eigenvalue weighted by atomic mass is 16.6. The Morgan fingerprint density at radius 1 is 1.10 bits per heavy atom. The summed E-state index contributed by atoms with van der Waals surface area (Å²) >= 11 is 0. The van der Waals surface area contributed by atoms with Crippen LogP contribution in [-0.2, 0) is 28.7 Å². The van der Waals surface area contributed by atoms with Crippen LogP contribution < -0.4 is 16.8 Å². The minimum Gasteiger partial charge on any atom is -0.458 e. The first kappa shape index (κ1) is 24.3. The van der Waals surface area contributed by atoms with Gasteiger partial charge in [0.2, 0.25) is 11.8 Å². The first-order valence-corrected chi connectivity index (χ1v) is 9.15. The van der Waals surface area contributed by atoms with Crippen LogP contribution in [0.1, 0.15) is 54.4 Å². The van der Waals surface area contributed by atoms with Crippen LogP contribution in [-0.4, -0.2) is 64.0 Å². The third-order valence-corrected chi connectivity index (χ3v) is 3.65. The van der Waals surface area contributed by atoms with Gasteiger partial charge in [0.15, 0.2) is 0 Å². The summed E-state index contributed by atoms with van der Waals surface area (Å²) in [6.45, 7) is 9.74. The Kier molecular flexibility index (Phi) is 7.36. The maximum atomic E-state index is 12.8. The summed E-state index contributed by atoms with van der Waals surface area (Å²) in [6, 6.07) is -3.77. The summed E-state index contributed by atoms with van der Waals surface area (Å²) in [6.07, 6.45) is -1.67. The summed E-state index contributed by atoms with van der Waals surface area (Å²) in [5.41, 5.74) is 8.82. The number of ether oxygens (including phenoxy) is 2. The van der Waals surface area contributed by atoms with E-state index in [1.807, 2.05) is 0 Å². The maximum absolute atomic E-state index is 12.8. The molecule has 1 rings (SSSR count). The molecule has 3 atom stereocenters. The lowest BCUT2D eigenvalue weighted by Crippen LogP contribution is -2.51. The summed E-state index contributed by atoms with van der Waals surface area (Å²) in [7, 11) is 0. The zero-order chi connectivity index (χ0) is 22.7. The molecule has 0 aromatic rings. The highest BCUT2D eigenvalue weighted by molar-refractivity contribution is 6.04. The standard InChI is InChI=1S/C18H30N4O7/c1-17(2,3)28-15(26)11-8-10(21-13(24)9(19)7-12(20)23)14(25)22(11)16(27)29-18(4,5)6/h9-11H,7-8,19H2,1-6H3,(H2,20,23)(H,21,24)/t9-,10+,11-/m0/s1. The number of nitrogens with one attached hydrogen (secondary N) is 1. The van der Waals surface area contributed by atoms with Crippen molar-refractivity contribution >= 4 is 29.8 Å². The van der Waals surface area contributed by atoms with Crippen molar-refractivity contribution in [1.82, 2.24) is 10.2 Å². The van der Waals surface area contributed by atoms with Crippen LogP contribution in [0.25, 0.3) is 0 Å². The largest absolute Gasteiger partial charge is 0.458 e. The molecule has 0 bridgehead atoms. The molecule has 164 valence electrons. The molecule has 1 saturated heterocycles. The molecule has 1 fully saturated rings. The number of esters is 1. The Morgan fingerprint density at radius 3 is 2.07 bits per heavy atom. The molecule has 0 saturated carbocycles. The molecule has 0 aliphatic carbocycles. The van der Waals surface area contributed by atoms with E-state index in [1.165, 1.54) is 0 Å². The van der Waals surface area contributed by atoms with Gasteiger partial charge in [-0.05, 0) is 41.5 Å². The Balaban J connectivity index is 3.07. The predicted molar refractivity (Wildman–Crippen MR) is 101 cm³/mol. The van der Waals surface area contributed by atoms with E-state index in [1.54, 1.807) is 41.5 Å². The van der Waals surface area contributed by atoms with E-state index in [0.29, 0.717) is 4.90 Å². The Morgan fingerprint density at radius 2 is 1.62 bits per heavy atom. The van der Waals surface area contributed by atoms with Gasteiger partial charge in [-0.3, -0.25) is 14.4 Å². The summed E-state index contributed by atoms with van der Waals surface area (Å²) in [4.78, 5) is 61.6. The Hall–Kier alpha value is -2.69. The number of nitrogens with two attached hydrogens (primary N) is 2. The molecule has 29 heavy (non-hydrogen) atoms. The van der Waals surface area contributed by atoms with E-state index in [4.69, 9.17) is 20.9 Å². The topological polar surface area (TPSA) is 171 Å². The van der Waals surface area contributed by atoms with Gasteiger partial charge in [0, 0.05) is 6.42 Å². The van der Waals surface area contributed by atoms with E-state index in [0.717, 1.165) is 0 Å². The van der Waals surface area contributed by atoms with Crippen LogP contribution in [0.4, 0.5) is 4.79 Å². The molecule has 4 amide bonds. The lowest BCUT2D eigenvalue weighted by molar-refractivity contribution is -0.161. The van der Waals surface area contributed by atoms with E-state index in [2.05, 4.69) is 5.32 Å². The number of hydrogen-bond donors (Lipinski definition) is 3. The molecular formula is C18H30N4O7. The summed E-state index contributed by atoms with van der Waals surface area (Å²) in [5, 5.41) is 2.35. The van der Waals surface area contributed by atoms with E-state index >= 15 is 0 Å². The number of nitrogens with zero attached hydrogens (tertiary/aromatic N) is 1. The van der Waals surface area contributed by atoms with Gasteiger partial charge in [-0.25, -0.2) is 14.5 Å². The van der Waals surface area contributed by atoms with Crippen molar-refractivity contribution < 1.29 is 33.4 Å². The minimum absolute atomic E-state index is 0.220. The fraction of sp³-hybridized carbons (Fsp3) is 0.722. The summed E-state index contributed by atoms with van der Waals surface area (Å²) < 4.78 is 10.5. The van der Waals surface area contributed by atoms with E-state index in [-0.39, 0.29) is 6.42 Å². The zero-order valence-corrected chi connectivity index (χ0v) is 17.6. The molecular weight excluding hydrogens is 384 g/mol. The smallest absolute Gasteiger partial charge is 0.417 e. The number of carbonyl (C=O) groups excluding carboxylic acids is 5. The van der Waals surface area contributed by atoms with Crippen LogP contribution in [0.3, 0.4) is 0 Å². The van der Waals surface area contributed by atoms with Gasteiger partial charge in [0.05, 0.1) is 12.5 Å². The first-order chi connectivity index (χ1) is 13.0. The first-order valence-electron chi connectivity index (χ1n) is 9.15. The second-order valence-corrected chi connectivity index (χ2v) is 8.81. The molecule has 11 heteroatoms. The average molecular weight is 414 g/mol. The molecule has 1 aliphatic heterocycles. The monoisotopic (exact) mass is 414 g/mol. The minimum atomic E-state index is -1.28. The molecule has 0 spiro atoms. The lowest BCUT2D eigenvalue weighted by Gasteiger charge is -2.28. The quantitative estimate of drug-likeness (QED) is 0.508. The molecule has 11 nitrogen and oxygen atoms in total. The van der Waals surface area contributed by atoms with Gasteiger partial charge in [-0.1, -0.05) is 0 Å². The predicted octanol–water partition coefficient (Wildman–Crippen LogP) is -0.448. The van der Waals surface area contributed by atoms with Crippen LogP contribution in [0, 0.1) is 0 Å². The molecule has 5 N–H and O–H groups in total. The average Bonchev–Trinajstić information content (AvgIpc) is 2.80. The van der Waals surface area contributed by atoms with Crippen molar-refractivity contribution in [3.8, 4) is 0 Å². The fourth-order valence-corrected chi connectivity index (χ4v) is 2.56. The van der Waals surface area contributed by atoms with Crippen LogP contribution in [0.5, 0.6) is 0 Å². The van der Waals surface area contributed by atoms with Gasteiger partial charge in [0.1, 0.15) is 23.3 Å². The molecule has 0 radical (unpaired) electrons. The Labute approximate surface area is 169 Å². The van der Waals surface area contributed by atoms with Crippen LogP contribution in [0.15, 0.2) is 0 Å². The second-order valence-electron chi connectivity index (χ2n) is 8.81. The van der Waals surface area contributed by atoms with E-state index in [9.17, 15) is 24.0 Å². The number of hydrogen-bond acceptors (Lipinski definition) is 8. The van der Waals surface area contributed by atoms with Crippen molar-refractivity contribution in [2.75, 3.05) is 0 Å². The molecule has 1 aliphatic rings. The number of rotatable bonds is 5. The SMILES string of the molecule is CC(C)(C)OC(=O)[C@@H]1C[C@@H](NC(=O)[C@@H](N)CC(N)=O)C(=O)N1C(=O)OC(C)(C)C. The normalized spacial score (nSPS) is 20.8. The van der Waals surface area contributed by atoms with Crippen LogP contribution >= 0.6 is 0 Å². The number of amides is 4. The molecule has 0 aromatic carbocycles. The lowest BCUT2D eigenvalue weighted by atomic mass is 10.1. The van der Waals surface area contributed by atoms with E-state index < -0.39 is 65.5 Å². The molecule has 0 unspecified atom stereocenters. The van der Waals surface area contributed by atoms with Gasteiger partial charge in [0.25, 0.3) is 5.91 Å². The number of carbonyl (C=O) groups is 5. The van der Waals surface area contributed by atoms with Gasteiger partial charge in [-0.15, -0.1) is 0 Å². The van der Waals surface area contributed by atoms with Crippen LogP contribution in [0.2, 0.25) is 0 Å². The van der Waals surface area contributed by atoms with Gasteiger partial charge >= 0.3 is 12.1 Å². The second kappa shape index (κ2) is 8.76. The molecule has 1 heterocycles. The fourth-order valence-electron chi connectivity index (χ4n) is 2.56. The number of likely N-dealkylation sites (tertiary alicyclic amines) is 1. The third-order valence-electron chi connectivity index (χ3n) is 3.65. The highest BCUT2D eigenvalue weighted by Crippen LogP contribution is 2.25.